The molecule has 0 N–H and O–H groups in total. The molecule has 1 heterocycles. The fraction of sp³-hybridized carbons (Fsp3) is 0.167. The van der Waals surface area contributed by atoms with Gasteiger partial charge < -0.3 is 4.74 Å². The minimum atomic E-state index is 1.16. The average molecular weight is 166 g/mol. The molecule has 5 aliphatic rings. The summed E-state index contributed by atoms with van der Waals surface area (Å²) in [6.07, 6.45) is 6.87. The van der Waals surface area contributed by atoms with Crippen LogP contribution in [0.5, 0.6) is 0 Å². The molecule has 0 aromatic heterocycles. The monoisotopic (exact) mass is 166 g/mol. The fourth-order valence-electron chi connectivity index (χ4n) is 3.09. The molecule has 1 saturated heterocycles. The summed E-state index contributed by atoms with van der Waals surface area (Å²) in [5.74, 6) is 2.42. The molecule has 13 heavy (non-hydrogen) atoms. The number of rotatable bonds is 0. The zero-order valence-corrected chi connectivity index (χ0v) is 6.98. The SMILES string of the molecule is C1=CC2=C3C4=C5OC5=C(C4)C3=C1C2. The predicted molar refractivity (Wildman–Crippen MR) is 47.6 cm³/mol. The van der Waals surface area contributed by atoms with Gasteiger partial charge in [0.25, 0.3) is 0 Å². The Morgan fingerprint density at radius 1 is 0.846 bits per heavy atom. The van der Waals surface area contributed by atoms with Gasteiger partial charge in [-0.25, -0.2) is 0 Å². The number of ether oxygens (including phenoxy) is 1. The maximum atomic E-state index is 5.46. The molecule has 0 unspecified atom stereocenters. The van der Waals surface area contributed by atoms with Gasteiger partial charge in [0.15, 0.2) is 11.5 Å². The van der Waals surface area contributed by atoms with Gasteiger partial charge >= 0.3 is 0 Å². The Balaban J connectivity index is 2.07. The molecule has 4 bridgehead atoms. The van der Waals surface area contributed by atoms with Crippen LogP contribution in [-0.4, -0.2) is 0 Å². The van der Waals surface area contributed by atoms with Crippen molar-refractivity contribution in [3.05, 3.63) is 57.1 Å². The maximum Gasteiger partial charge on any atom is 0.174 e. The largest absolute Gasteiger partial charge is 0.449 e. The van der Waals surface area contributed by atoms with E-state index in [-0.39, 0.29) is 0 Å². The second-order valence-electron chi connectivity index (χ2n) is 4.20. The number of hydrogen-bond donors (Lipinski definition) is 0. The average Bonchev–Trinajstić information content (AvgIpc) is 2.60. The Morgan fingerprint density at radius 3 is 2.08 bits per heavy atom. The van der Waals surface area contributed by atoms with Crippen molar-refractivity contribution in [1.29, 1.82) is 0 Å². The summed E-state index contributed by atoms with van der Waals surface area (Å²) >= 11 is 0. The van der Waals surface area contributed by atoms with Crippen molar-refractivity contribution in [1.82, 2.24) is 0 Å². The molecule has 1 saturated carbocycles. The molecule has 0 amide bonds. The summed E-state index contributed by atoms with van der Waals surface area (Å²) in [7, 11) is 0. The van der Waals surface area contributed by atoms with Crippen molar-refractivity contribution in [2.24, 2.45) is 0 Å². The van der Waals surface area contributed by atoms with Gasteiger partial charge in [0.1, 0.15) is 0 Å². The van der Waals surface area contributed by atoms with Crippen molar-refractivity contribution < 1.29 is 4.74 Å². The third kappa shape index (κ3) is 0.366. The molecule has 2 fully saturated rings. The molecule has 1 aliphatic heterocycles. The molecule has 0 spiro atoms. The van der Waals surface area contributed by atoms with E-state index in [1.807, 2.05) is 0 Å². The van der Waals surface area contributed by atoms with Gasteiger partial charge in [0.2, 0.25) is 0 Å². The number of allylic oxidation sites excluding steroid dienone is 8. The van der Waals surface area contributed by atoms with Crippen LogP contribution in [0.2, 0.25) is 0 Å². The zero-order chi connectivity index (χ0) is 8.15. The van der Waals surface area contributed by atoms with Crippen LogP contribution in [0.1, 0.15) is 12.8 Å². The van der Waals surface area contributed by atoms with Gasteiger partial charge in [0.05, 0.1) is 0 Å². The summed E-state index contributed by atoms with van der Waals surface area (Å²) < 4.78 is 5.46. The molecule has 0 aromatic rings. The summed E-state index contributed by atoms with van der Waals surface area (Å²) in [6.45, 7) is 0. The van der Waals surface area contributed by atoms with E-state index >= 15 is 0 Å². The Labute approximate surface area is 75.4 Å². The van der Waals surface area contributed by atoms with Crippen LogP contribution in [0.15, 0.2) is 57.1 Å². The zero-order valence-electron chi connectivity index (χ0n) is 6.98. The highest BCUT2D eigenvalue weighted by Crippen LogP contribution is 2.64. The molecular formula is C12H6O. The molecule has 1 nitrogen and oxygen atoms in total. The lowest BCUT2D eigenvalue weighted by Gasteiger charge is -2.03. The number of hydrogen-bond acceptors (Lipinski definition) is 1. The van der Waals surface area contributed by atoms with Crippen molar-refractivity contribution in [3.63, 3.8) is 0 Å². The highest BCUT2D eigenvalue weighted by atomic mass is 16.6. The molecule has 0 radical (unpaired) electrons. The Bertz CT molecular complexity index is 514. The minimum Gasteiger partial charge on any atom is -0.449 e. The lowest BCUT2D eigenvalue weighted by molar-refractivity contribution is 0.541. The molecular weight excluding hydrogens is 160 g/mol. The molecule has 1 heteroatoms. The Kier molecular flexibility index (Phi) is 0.509. The second-order valence-corrected chi connectivity index (χ2v) is 4.20. The van der Waals surface area contributed by atoms with E-state index in [1.54, 1.807) is 0 Å². The van der Waals surface area contributed by atoms with E-state index in [0.717, 1.165) is 6.42 Å². The fourth-order valence-corrected chi connectivity index (χ4v) is 3.09. The molecule has 4 aliphatic carbocycles. The van der Waals surface area contributed by atoms with Crippen LogP contribution < -0.4 is 0 Å². The number of fused-ring (bicyclic) bond motifs is 8. The summed E-state index contributed by atoms with van der Waals surface area (Å²) in [4.78, 5) is 0. The van der Waals surface area contributed by atoms with Crippen LogP contribution >= 0.6 is 0 Å². The van der Waals surface area contributed by atoms with E-state index in [2.05, 4.69) is 12.2 Å². The standard InChI is InChI=1S/C12H6O/c1-2-6-3-5(1)9-7-4-8(10(6)9)12-11(7)13-12/h1-2H,3-4H2. The van der Waals surface area contributed by atoms with Gasteiger partial charge in [-0.3, -0.25) is 0 Å². The van der Waals surface area contributed by atoms with Gasteiger partial charge in [-0.1, -0.05) is 12.2 Å². The highest BCUT2D eigenvalue weighted by Gasteiger charge is 2.51. The smallest absolute Gasteiger partial charge is 0.174 e. The lowest BCUT2D eigenvalue weighted by Crippen LogP contribution is -1.88. The van der Waals surface area contributed by atoms with Gasteiger partial charge in [0, 0.05) is 17.6 Å². The second kappa shape index (κ2) is 1.25. The van der Waals surface area contributed by atoms with E-state index < -0.39 is 0 Å². The van der Waals surface area contributed by atoms with E-state index in [0.29, 0.717) is 0 Å². The first-order chi connectivity index (χ1) is 6.43. The van der Waals surface area contributed by atoms with Crippen LogP contribution in [0.4, 0.5) is 0 Å². The van der Waals surface area contributed by atoms with E-state index in [9.17, 15) is 0 Å². The number of epoxide rings is 1. The van der Waals surface area contributed by atoms with Crippen molar-refractivity contribution in [2.75, 3.05) is 0 Å². The van der Waals surface area contributed by atoms with Crippen LogP contribution in [-0.2, 0) is 4.74 Å². The third-order valence-electron chi connectivity index (χ3n) is 3.63. The Morgan fingerprint density at radius 2 is 1.46 bits per heavy atom. The first-order valence-electron chi connectivity index (χ1n) is 4.73. The quantitative estimate of drug-likeness (QED) is 0.504. The lowest BCUT2D eigenvalue weighted by atomic mass is 9.98. The van der Waals surface area contributed by atoms with E-state index in [1.165, 1.54) is 51.4 Å². The topological polar surface area (TPSA) is 12.5 Å². The van der Waals surface area contributed by atoms with Crippen LogP contribution in [0.3, 0.4) is 0 Å². The minimum absolute atomic E-state index is 1.16. The Hall–Kier alpha value is -1.50. The molecule has 0 aromatic carbocycles. The molecule has 0 atom stereocenters. The van der Waals surface area contributed by atoms with Crippen molar-refractivity contribution in [2.45, 2.75) is 12.8 Å². The van der Waals surface area contributed by atoms with Crippen molar-refractivity contribution >= 4 is 0 Å². The summed E-state index contributed by atoms with van der Waals surface area (Å²) in [5, 5.41) is 0. The third-order valence-corrected chi connectivity index (χ3v) is 3.63. The predicted octanol–water partition coefficient (Wildman–Crippen LogP) is 2.51. The first kappa shape index (κ1) is 5.28. The molecule has 60 valence electrons. The highest BCUT2D eigenvalue weighted by molar-refractivity contribution is 5.84. The maximum absolute atomic E-state index is 5.46. The summed E-state index contributed by atoms with van der Waals surface area (Å²) in [6, 6.07) is 0. The van der Waals surface area contributed by atoms with E-state index in [4.69, 9.17) is 4.74 Å². The first-order valence-corrected chi connectivity index (χ1v) is 4.73. The van der Waals surface area contributed by atoms with Crippen LogP contribution in [0, 0.1) is 0 Å². The van der Waals surface area contributed by atoms with Gasteiger partial charge in [-0.05, 0) is 28.7 Å². The normalized spacial score (nSPS) is 29.5. The van der Waals surface area contributed by atoms with Crippen LogP contribution in [0.25, 0.3) is 0 Å². The molecule has 5 rings (SSSR count). The van der Waals surface area contributed by atoms with Crippen molar-refractivity contribution in [3.8, 4) is 0 Å². The van der Waals surface area contributed by atoms with Gasteiger partial charge in [-0.2, -0.15) is 0 Å². The van der Waals surface area contributed by atoms with Gasteiger partial charge in [-0.15, -0.1) is 0 Å². The summed E-state index contributed by atoms with van der Waals surface area (Å²) in [5.41, 5.74) is 9.07.